The minimum absolute atomic E-state index is 0.275. The summed E-state index contributed by atoms with van der Waals surface area (Å²) in [4.78, 5) is 29.2. The van der Waals surface area contributed by atoms with Gasteiger partial charge < -0.3 is 15.4 Å². The summed E-state index contributed by atoms with van der Waals surface area (Å²) in [6.07, 6.45) is 3.78. The van der Waals surface area contributed by atoms with Crippen LogP contribution >= 0.6 is 0 Å². The van der Waals surface area contributed by atoms with Crippen LogP contribution in [0.2, 0.25) is 0 Å². The van der Waals surface area contributed by atoms with Gasteiger partial charge in [0.1, 0.15) is 5.75 Å². The Morgan fingerprint density at radius 3 is 2.24 bits per heavy atom. The summed E-state index contributed by atoms with van der Waals surface area (Å²) in [6.45, 7) is 0. The summed E-state index contributed by atoms with van der Waals surface area (Å²) in [5, 5.41) is 5.72. The number of hydrogen-bond acceptors (Lipinski definition) is 4. The van der Waals surface area contributed by atoms with Crippen LogP contribution in [0.15, 0.2) is 97.3 Å². The molecule has 2 N–H and O–H groups in total. The Labute approximate surface area is 192 Å². The summed E-state index contributed by atoms with van der Waals surface area (Å²) in [5.41, 5.74) is 4.18. The van der Waals surface area contributed by atoms with Gasteiger partial charge >= 0.3 is 0 Å². The van der Waals surface area contributed by atoms with Crippen LogP contribution in [0.3, 0.4) is 0 Å². The number of carbonyl (C=O) groups excluding carboxylic acids is 2. The molecule has 0 saturated carbocycles. The fourth-order valence-corrected chi connectivity index (χ4v) is 3.45. The van der Waals surface area contributed by atoms with Crippen molar-refractivity contribution in [3.63, 3.8) is 0 Å². The number of aromatic nitrogens is 1. The van der Waals surface area contributed by atoms with Crippen LogP contribution in [0.1, 0.15) is 31.8 Å². The minimum atomic E-state index is -0.290. The van der Waals surface area contributed by atoms with Gasteiger partial charge in [0.2, 0.25) is 0 Å². The SMILES string of the molecule is COc1ccc(NC(=O)c2cccc(NC(=O)c3cccnc3)c2)cc1Cc1ccccc1. The lowest BCUT2D eigenvalue weighted by atomic mass is 10.0. The molecule has 0 bridgehead atoms. The first-order valence-electron chi connectivity index (χ1n) is 10.5. The number of rotatable bonds is 7. The molecule has 0 radical (unpaired) electrons. The van der Waals surface area contributed by atoms with E-state index in [2.05, 4.69) is 27.8 Å². The van der Waals surface area contributed by atoms with Gasteiger partial charge in [-0.3, -0.25) is 14.6 Å². The highest BCUT2D eigenvalue weighted by Crippen LogP contribution is 2.26. The number of carbonyl (C=O) groups is 2. The van der Waals surface area contributed by atoms with Gasteiger partial charge in [0.15, 0.2) is 0 Å². The van der Waals surface area contributed by atoms with E-state index in [9.17, 15) is 9.59 Å². The first-order chi connectivity index (χ1) is 16.1. The van der Waals surface area contributed by atoms with E-state index < -0.39 is 0 Å². The van der Waals surface area contributed by atoms with Crippen LogP contribution in [0.5, 0.6) is 5.75 Å². The van der Waals surface area contributed by atoms with Gasteiger partial charge in [-0.1, -0.05) is 36.4 Å². The standard InChI is InChI=1S/C27H23N3O3/c1-33-25-13-12-24(17-22(25)15-19-7-3-2-4-8-19)30-26(31)20-9-5-11-23(16-20)29-27(32)21-10-6-14-28-18-21/h2-14,16-18H,15H2,1H3,(H,29,32)(H,30,31). The van der Waals surface area contributed by atoms with Crippen molar-refractivity contribution < 1.29 is 14.3 Å². The monoisotopic (exact) mass is 437 g/mol. The van der Waals surface area contributed by atoms with Crippen molar-refractivity contribution in [3.8, 4) is 5.75 Å². The fourth-order valence-electron chi connectivity index (χ4n) is 3.45. The maximum absolute atomic E-state index is 12.9. The van der Waals surface area contributed by atoms with Gasteiger partial charge in [0, 0.05) is 41.3 Å². The largest absolute Gasteiger partial charge is 0.496 e. The number of methoxy groups -OCH3 is 1. The van der Waals surface area contributed by atoms with E-state index in [4.69, 9.17) is 4.74 Å². The molecule has 33 heavy (non-hydrogen) atoms. The van der Waals surface area contributed by atoms with Crippen LogP contribution in [0, 0.1) is 0 Å². The van der Waals surface area contributed by atoms with Crippen molar-refractivity contribution in [3.05, 3.63) is 120 Å². The van der Waals surface area contributed by atoms with E-state index >= 15 is 0 Å². The second-order valence-electron chi connectivity index (χ2n) is 7.42. The van der Waals surface area contributed by atoms with E-state index in [0.717, 1.165) is 16.9 Å². The van der Waals surface area contributed by atoms with E-state index in [1.807, 2.05) is 30.3 Å². The Balaban J connectivity index is 1.48. The van der Waals surface area contributed by atoms with Crippen molar-refractivity contribution in [2.45, 2.75) is 6.42 Å². The zero-order valence-corrected chi connectivity index (χ0v) is 18.1. The van der Waals surface area contributed by atoms with Crippen LogP contribution in [0.4, 0.5) is 11.4 Å². The normalized spacial score (nSPS) is 10.3. The Morgan fingerprint density at radius 2 is 1.52 bits per heavy atom. The molecule has 6 heteroatoms. The first-order valence-corrected chi connectivity index (χ1v) is 10.5. The number of nitrogens with zero attached hydrogens (tertiary/aromatic N) is 1. The molecule has 0 atom stereocenters. The van der Waals surface area contributed by atoms with Crippen molar-refractivity contribution in [1.82, 2.24) is 4.98 Å². The minimum Gasteiger partial charge on any atom is -0.496 e. The molecule has 0 aliphatic rings. The predicted molar refractivity (Wildman–Crippen MR) is 129 cm³/mol. The first kappa shape index (κ1) is 21.8. The number of benzene rings is 3. The molecule has 0 unspecified atom stereocenters. The molecule has 0 aliphatic heterocycles. The lowest BCUT2D eigenvalue weighted by Crippen LogP contribution is -2.15. The van der Waals surface area contributed by atoms with Crippen molar-refractivity contribution >= 4 is 23.2 Å². The molecular formula is C27H23N3O3. The van der Waals surface area contributed by atoms with Crippen LogP contribution < -0.4 is 15.4 Å². The van der Waals surface area contributed by atoms with Gasteiger partial charge in [-0.25, -0.2) is 0 Å². The van der Waals surface area contributed by atoms with Gasteiger partial charge in [-0.15, -0.1) is 0 Å². The Bertz CT molecular complexity index is 1260. The van der Waals surface area contributed by atoms with Crippen LogP contribution in [0.25, 0.3) is 0 Å². The topological polar surface area (TPSA) is 80.3 Å². The summed E-state index contributed by atoms with van der Waals surface area (Å²) < 4.78 is 5.49. The fraction of sp³-hybridized carbons (Fsp3) is 0.0741. The molecule has 4 aromatic rings. The quantitative estimate of drug-likeness (QED) is 0.417. The third kappa shape index (κ3) is 5.62. The lowest BCUT2D eigenvalue weighted by molar-refractivity contribution is 0.101. The molecule has 164 valence electrons. The van der Waals surface area contributed by atoms with Crippen LogP contribution in [-0.4, -0.2) is 23.9 Å². The Kier molecular flexibility index (Phi) is 6.75. The zero-order valence-electron chi connectivity index (χ0n) is 18.1. The van der Waals surface area contributed by atoms with Gasteiger partial charge in [-0.2, -0.15) is 0 Å². The summed E-state index contributed by atoms with van der Waals surface area (Å²) in [6, 6.07) is 25.8. The Morgan fingerprint density at radius 1 is 0.788 bits per heavy atom. The summed E-state index contributed by atoms with van der Waals surface area (Å²) in [7, 11) is 1.63. The third-order valence-corrected chi connectivity index (χ3v) is 5.08. The number of hydrogen-bond donors (Lipinski definition) is 2. The highest BCUT2D eigenvalue weighted by Gasteiger charge is 2.12. The second-order valence-corrected chi connectivity index (χ2v) is 7.42. The van der Waals surface area contributed by atoms with E-state index in [1.165, 1.54) is 6.20 Å². The Hall–Kier alpha value is -4.45. The molecule has 1 heterocycles. The maximum Gasteiger partial charge on any atom is 0.257 e. The van der Waals surface area contributed by atoms with E-state index in [1.54, 1.807) is 55.8 Å². The van der Waals surface area contributed by atoms with Gasteiger partial charge in [0.05, 0.1) is 12.7 Å². The molecule has 3 aromatic carbocycles. The lowest BCUT2D eigenvalue weighted by Gasteiger charge is -2.13. The average molecular weight is 437 g/mol. The molecular weight excluding hydrogens is 414 g/mol. The molecule has 1 aromatic heterocycles. The van der Waals surface area contributed by atoms with E-state index in [-0.39, 0.29) is 11.8 Å². The number of ether oxygens (including phenoxy) is 1. The van der Waals surface area contributed by atoms with Crippen molar-refractivity contribution in [2.75, 3.05) is 17.7 Å². The highest BCUT2D eigenvalue weighted by atomic mass is 16.5. The summed E-state index contributed by atoms with van der Waals surface area (Å²) >= 11 is 0. The zero-order chi connectivity index (χ0) is 23.0. The molecule has 0 spiro atoms. The van der Waals surface area contributed by atoms with Gasteiger partial charge in [-0.05, 0) is 54.1 Å². The molecule has 6 nitrogen and oxygen atoms in total. The molecule has 0 fully saturated rings. The van der Waals surface area contributed by atoms with Crippen molar-refractivity contribution in [1.29, 1.82) is 0 Å². The number of amides is 2. The summed E-state index contributed by atoms with van der Waals surface area (Å²) in [5.74, 6) is 0.196. The highest BCUT2D eigenvalue weighted by molar-refractivity contribution is 6.07. The predicted octanol–water partition coefficient (Wildman–Crippen LogP) is 5.19. The number of nitrogens with one attached hydrogen (secondary N) is 2. The molecule has 0 saturated heterocycles. The van der Waals surface area contributed by atoms with Crippen LogP contribution in [-0.2, 0) is 6.42 Å². The van der Waals surface area contributed by atoms with Gasteiger partial charge in [0.25, 0.3) is 11.8 Å². The maximum atomic E-state index is 12.9. The molecule has 4 rings (SSSR count). The number of pyridine rings is 1. The molecule has 0 aliphatic carbocycles. The number of anilines is 2. The van der Waals surface area contributed by atoms with Crippen molar-refractivity contribution in [2.24, 2.45) is 0 Å². The van der Waals surface area contributed by atoms with E-state index in [0.29, 0.717) is 28.9 Å². The average Bonchev–Trinajstić information content (AvgIpc) is 2.85. The molecule has 2 amide bonds. The smallest absolute Gasteiger partial charge is 0.257 e. The second kappa shape index (κ2) is 10.2. The third-order valence-electron chi connectivity index (χ3n) is 5.08.